The summed E-state index contributed by atoms with van der Waals surface area (Å²) in [6, 6.07) is 0.282. The molecule has 4 heteroatoms. The third kappa shape index (κ3) is 3.59. The van der Waals surface area contributed by atoms with Gasteiger partial charge in [0.25, 0.3) is 0 Å². The van der Waals surface area contributed by atoms with Gasteiger partial charge in [-0.3, -0.25) is 4.90 Å². The quantitative estimate of drug-likeness (QED) is 0.518. The fourth-order valence-electron chi connectivity index (χ4n) is 3.93. The topological polar surface area (TPSA) is 21.7 Å². The number of nitrogens with zero attached hydrogens (tertiary/aromatic N) is 1. The van der Waals surface area contributed by atoms with E-state index < -0.39 is 5.79 Å². The number of hydrogen-bond donors (Lipinski definition) is 0. The first-order valence-corrected chi connectivity index (χ1v) is 9.13. The third-order valence-corrected chi connectivity index (χ3v) is 5.38. The largest absolute Gasteiger partial charge is 0.350 e. The Balaban J connectivity index is 2.19. The molecule has 1 heterocycles. The Morgan fingerprint density at radius 2 is 1.91 bits per heavy atom. The summed E-state index contributed by atoms with van der Waals surface area (Å²) in [5.74, 6) is 0.157. The van der Waals surface area contributed by atoms with Crippen LogP contribution in [0.3, 0.4) is 0 Å². The van der Waals surface area contributed by atoms with Crippen LogP contribution in [0.15, 0.2) is 24.3 Å². The average Bonchev–Trinajstić information content (AvgIpc) is 2.56. The molecule has 0 aromatic rings. The van der Waals surface area contributed by atoms with E-state index in [-0.39, 0.29) is 11.6 Å². The second kappa shape index (κ2) is 7.96. The van der Waals surface area contributed by atoms with Gasteiger partial charge in [-0.2, -0.15) is 0 Å². The average molecular weight is 328 g/mol. The number of allylic oxidation sites excluding steroid dienone is 2. The van der Waals surface area contributed by atoms with Gasteiger partial charge in [-0.25, -0.2) is 0 Å². The van der Waals surface area contributed by atoms with Crippen LogP contribution in [0.1, 0.15) is 46.5 Å². The molecule has 1 saturated heterocycles. The van der Waals surface area contributed by atoms with Gasteiger partial charge in [-0.05, 0) is 26.7 Å². The van der Waals surface area contributed by atoms with E-state index in [0.29, 0.717) is 19.1 Å². The Hall–Kier alpha value is -0.350. The van der Waals surface area contributed by atoms with Crippen LogP contribution in [0.4, 0.5) is 0 Å². The molecule has 3 nitrogen and oxygen atoms in total. The zero-order valence-electron chi connectivity index (χ0n) is 14.2. The number of hydrogen-bond acceptors (Lipinski definition) is 3. The van der Waals surface area contributed by atoms with Gasteiger partial charge < -0.3 is 9.47 Å². The molecule has 22 heavy (non-hydrogen) atoms. The molecule has 0 saturated carbocycles. The first-order valence-electron chi connectivity index (χ1n) is 8.60. The standard InChI is InChI=1S/C18H30ClNO2/c1-4-17(10-8-7-9-11-17)20-13-12-18(21-5-2,22-6-3)14-16(20)15-19/h7-10,16H,4-6,11-15H2,1-3H3/t16-,17-/m0/s1. The highest BCUT2D eigenvalue weighted by molar-refractivity contribution is 6.18. The second-order valence-corrected chi connectivity index (χ2v) is 6.49. The summed E-state index contributed by atoms with van der Waals surface area (Å²) < 4.78 is 12.0. The van der Waals surface area contributed by atoms with Crippen molar-refractivity contribution in [1.82, 2.24) is 4.90 Å². The lowest BCUT2D eigenvalue weighted by Crippen LogP contribution is -2.61. The number of piperidine rings is 1. The molecule has 0 N–H and O–H groups in total. The molecule has 1 fully saturated rings. The lowest BCUT2D eigenvalue weighted by atomic mass is 9.82. The third-order valence-electron chi connectivity index (χ3n) is 5.02. The van der Waals surface area contributed by atoms with Crippen LogP contribution in [0.5, 0.6) is 0 Å². The van der Waals surface area contributed by atoms with Crippen LogP contribution >= 0.6 is 11.6 Å². The molecule has 2 aliphatic rings. The van der Waals surface area contributed by atoms with Gasteiger partial charge in [0, 0.05) is 50.1 Å². The summed E-state index contributed by atoms with van der Waals surface area (Å²) >= 11 is 6.35. The van der Waals surface area contributed by atoms with Crippen molar-refractivity contribution in [3.8, 4) is 0 Å². The van der Waals surface area contributed by atoms with Crippen molar-refractivity contribution >= 4 is 11.6 Å². The number of likely N-dealkylation sites (tertiary alicyclic amines) is 1. The van der Waals surface area contributed by atoms with E-state index in [0.717, 1.165) is 32.2 Å². The van der Waals surface area contributed by atoms with E-state index in [4.69, 9.17) is 21.1 Å². The Kier molecular flexibility index (Phi) is 6.51. The van der Waals surface area contributed by atoms with E-state index in [2.05, 4.69) is 36.1 Å². The maximum Gasteiger partial charge on any atom is 0.170 e. The van der Waals surface area contributed by atoms with Crippen LogP contribution < -0.4 is 0 Å². The summed E-state index contributed by atoms with van der Waals surface area (Å²) in [7, 11) is 0. The van der Waals surface area contributed by atoms with Crippen LogP contribution in [0.25, 0.3) is 0 Å². The van der Waals surface area contributed by atoms with Gasteiger partial charge in [0.05, 0.1) is 0 Å². The molecular weight excluding hydrogens is 298 g/mol. The predicted octanol–water partition coefficient (Wildman–Crippen LogP) is 4.12. The van der Waals surface area contributed by atoms with Gasteiger partial charge >= 0.3 is 0 Å². The summed E-state index contributed by atoms with van der Waals surface area (Å²) in [6.45, 7) is 8.65. The van der Waals surface area contributed by atoms with Gasteiger partial charge in [0.1, 0.15) is 0 Å². The Morgan fingerprint density at radius 3 is 2.41 bits per heavy atom. The molecule has 2 atom stereocenters. The molecular formula is C18H30ClNO2. The first-order chi connectivity index (χ1) is 10.7. The summed E-state index contributed by atoms with van der Waals surface area (Å²) in [4.78, 5) is 2.58. The van der Waals surface area contributed by atoms with Gasteiger partial charge in [0.15, 0.2) is 5.79 Å². The van der Waals surface area contributed by atoms with Crippen molar-refractivity contribution < 1.29 is 9.47 Å². The predicted molar refractivity (Wildman–Crippen MR) is 92.4 cm³/mol. The molecule has 1 aliphatic carbocycles. The molecule has 0 unspecified atom stereocenters. The smallest absolute Gasteiger partial charge is 0.170 e. The molecule has 0 radical (unpaired) electrons. The number of halogens is 1. The Morgan fingerprint density at radius 1 is 1.18 bits per heavy atom. The van der Waals surface area contributed by atoms with E-state index in [1.807, 2.05) is 13.8 Å². The molecule has 0 amide bonds. The van der Waals surface area contributed by atoms with Gasteiger partial charge in [-0.1, -0.05) is 31.2 Å². The highest BCUT2D eigenvalue weighted by Gasteiger charge is 2.46. The van der Waals surface area contributed by atoms with Crippen molar-refractivity contribution in [3.05, 3.63) is 24.3 Å². The maximum atomic E-state index is 6.35. The minimum absolute atomic E-state index is 0.0961. The van der Waals surface area contributed by atoms with Crippen molar-refractivity contribution in [2.75, 3.05) is 25.6 Å². The molecule has 0 spiro atoms. The maximum absolute atomic E-state index is 6.35. The van der Waals surface area contributed by atoms with Crippen molar-refractivity contribution in [2.45, 2.75) is 63.8 Å². The van der Waals surface area contributed by atoms with Crippen molar-refractivity contribution in [2.24, 2.45) is 0 Å². The van der Waals surface area contributed by atoms with Crippen molar-refractivity contribution in [1.29, 1.82) is 0 Å². The van der Waals surface area contributed by atoms with Crippen molar-refractivity contribution in [3.63, 3.8) is 0 Å². The fourth-order valence-corrected chi connectivity index (χ4v) is 4.21. The van der Waals surface area contributed by atoms with Crippen LogP contribution in [0, 0.1) is 0 Å². The molecule has 126 valence electrons. The Labute approximate surface area is 140 Å². The van der Waals surface area contributed by atoms with E-state index >= 15 is 0 Å². The molecule has 0 aromatic heterocycles. The molecule has 1 aliphatic heterocycles. The zero-order valence-corrected chi connectivity index (χ0v) is 14.9. The van der Waals surface area contributed by atoms with Gasteiger partial charge in [0.2, 0.25) is 0 Å². The SMILES string of the molecule is CCOC1(OCC)CCN([C@@]2(CC)C=CC=CC2)[C@H](CCl)C1. The first kappa shape index (κ1) is 18.0. The minimum Gasteiger partial charge on any atom is -0.350 e. The van der Waals surface area contributed by atoms with Crippen LogP contribution in [-0.4, -0.2) is 47.9 Å². The van der Waals surface area contributed by atoms with E-state index in [1.54, 1.807) is 0 Å². The summed E-state index contributed by atoms with van der Waals surface area (Å²) in [5, 5.41) is 0. The minimum atomic E-state index is -0.456. The number of rotatable bonds is 7. The van der Waals surface area contributed by atoms with E-state index in [1.165, 1.54) is 0 Å². The Bertz CT molecular complexity index is 404. The lowest BCUT2D eigenvalue weighted by molar-refractivity contribution is -0.264. The molecule has 0 aromatic carbocycles. The summed E-state index contributed by atoms with van der Waals surface area (Å²) in [6.07, 6.45) is 12.8. The normalized spacial score (nSPS) is 31.5. The zero-order chi connectivity index (χ0) is 16.1. The number of ether oxygens (including phenoxy) is 2. The molecule has 0 bridgehead atoms. The molecule has 2 rings (SSSR count). The summed E-state index contributed by atoms with van der Waals surface area (Å²) in [5.41, 5.74) is 0.0961. The van der Waals surface area contributed by atoms with Gasteiger partial charge in [-0.15, -0.1) is 11.6 Å². The second-order valence-electron chi connectivity index (χ2n) is 6.18. The van der Waals surface area contributed by atoms with Crippen LogP contribution in [0.2, 0.25) is 0 Å². The highest BCUT2D eigenvalue weighted by atomic mass is 35.5. The fraction of sp³-hybridized carbons (Fsp3) is 0.778. The monoisotopic (exact) mass is 327 g/mol. The highest BCUT2D eigenvalue weighted by Crippen LogP contribution is 2.39. The lowest BCUT2D eigenvalue weighted by Gasteiger charge is -2.52. The van der Waals surface area contributed by atoms with Crippen LogP contribution in [-0.2, 0) is 9.47 Å². The number of alkyl halides is 1. The van der Waals surface area contributed by atoms with E-state index in [9.17, 15) is 0 Å².